The summed E-state index contributed by atoms with van der Waals surface area (Å²) in [5, 5.41) is 2.00. The number of ether oxygens (including phenoxy) is 1. The second kappa shape index (κ2) is 7.57. The summed E-state index contributed by atoms with van der Waals surface area (Å²) in [5.41, 5.74) is -0.671. The highest BCUT2D eigenvalue weighted by Crippen LogP contribution is 2.36. The highest BCUT2D eigenvalue weighted by atomic mass is 35.5. The van der Waals surface area contributed by atoms with E-state index in [1.807, 2.05) is 6.92 Å². The summed E-state index contributed by atoms with van der Waals surface area (Å²) in [6.07, 6.45) is -3.73. The molecule has 0 radical (unpaired) electrons. The molecule has 0 aliphatic carbocycles. The number of anilines is 1. The minimum Gasteiger partial charge on any atom is -0.494 e. The van der Waals surface area contributed by atoms with Crippen LogP contribution in [0, 0.1) is 0 Å². The van der Waals surface area contributed by atoms with Gasteiger partial charge in [-0.1, -0.05) is 18.5 Å². The molecular weight excluding hydrogens is 343 g/mol. The summed E-state index contributed by atoms with van der Waals surface area (Å²) in [4.78, 5) is 12.1. The predicted molar refractivity (Wildman–Crippen MR) is 86.6 cm³/mol. The second-order valence-corrected chi connectivity index (χ2v) is 5.43. The van der Waals surface area contributed by atoms with E-state index in [0.29, 0.717) is 17.9 Å². The van der Waals surface area contributed by atoms with E-state index in [1.165, 1.54) is 6.07 Å². The van der Waals surface area contributed by atoms with Gasteiger partial charge in [0.25, 0.3) is 5.91 Å². The van der Waals surface area contributed by atoms with Crippen LogP contribution in [-0.2, 0) is 6.18 Å². The summed E-state index contributed by atoms with van der Waals surface area (Å²) in [6, 6.07) is 9.57. The smallest absolute Gasteiger partial charge is 0.417 e. The Hall–Kier alpha value is -2.21. The zero-order chi connectivity index (χ0) is 17.7. The van der Waals surface area contributed by atoms with Crippen molar-refractivity contribution in [1.29, 1.82) is 0 Å². The predicted octanol–water partition coefficient (Wildman–Crippen LogP) is 5.40. The number of carbonyl (C=O) groups excluding carboxylic acids is 1. The van der Waals surface area contributed by atoms with Gasteiger partial charge in [-0.3, -0.25) is 4.79 Å². The van der Waals surface area contributed by atoms with E-state index in [2.05, 4.69) is 5.32 Å². The average Bonchev–Trinajstić information content (AvgIpc) is 2.54. The van der Waals surface area contributed by atoms with Gasteiger partial charge in [-0.05, 0) is 48.9 Å². The Labute approximate surface area is 142 Å². The van der Waals surface area contributed by atoms with Crippen LogP contribution in [0.25, 0.3) is 0 Å². The molecule has 0 unspecified atom stereocenters. The number of amides is 1. The van der Waals surface area contributed by atoms with Crippen molar-refractivity contribution in [1.82, 2.24) is 0 Å². The lowest BCUT2D eigenvalue weighted by atomic mass is 10.1. The monoisotopic (exact) mass is 357 g/mol. The van der Waals surface area contributed by atoms with Crippen LogP contribution >= 0.6 is 11.6 Å². The third-order valence-electron chi connectivity index (χ3n) is 3.12. The first-order valence-electron chi connectivity index (χ1n) is 7.22. The summed E-state index contributed by atoms with van der Waals surface area (Å²) in [5.74, 6) is 0.103. The Morgan fingerprint density at radius 1 is 1.17 bits per heavy atom. The fraction of sp³-hybridized carbons (Fsp3) is 0.235. The van der Waals surface area contributed by atoms with Gasteiger partial charge in [0.2, 0.25) is 0 Å². The molecule has 0 saturated heterocycles. The maximum atomic E-state index is 12.8. The maximum absolute atomic E-state index is 12.8. The van der Waals surface area contributed by atoms with Crippen molar-refractivity contribution in [2.45, 2.75) is 19.5 Å². The average molecular weight is 358 g/mol. The molecule has 3 nitrogen and oxygen atoms in total. The minimum atomic E-state index is -4.59. The molecule has 1 N–H and O–H groups in total. The molecule has 0 aliphatic heterocycles. The molecular formula is C17H15ClF3NO2. The van der Waals surface area contributed by atoms with Crippen LogP contribution in [-0.4, -0.2) is 12.5 Å². The van der Waals surface area contributed by atoms with Crippen LogP contribution in [0.3, 0.4) is 0 Å². The summed E-state index contributed by atoms with van der Waals surface area (Å²) in [7, 11) is 0. The van der Waals surface area contributed by atoms with Gasteiger partial charge in [0.05, 0.1) is 17.2 Å². The zero-order valence-corrected chi connectivity index (χ0v) is 13.5. The first-order valence-corrected chi connectivity index (χ1v) is 7.60. The SMILES string of the molecule is CCCOc1ccc(C(=O)Nc2ccc(Cl)c(C(F)(F)F)c2)cc1. The highest BCUT2D eigenvalue weighted by molar-refractivity contribution is 6.31. The second-order valence-electron chi connectivity index (χ2n) is 5.02. The molecule has 0 bridgehead atoms. The van der Waals surface area contributed by atoms with Crippen LogP contribution in [0.1, 0.15) is 29.3 Å². The minimum absolute atomic E-state index is 0.0167. The standard InChI is InChI=1S/C17H15ClF3NO2/c1-2-9-24-13-6-3-11(4-7-13)16(23)22-12-5-8-15(18)14(10-12)17(19,20)21/h3-8,10H,2,9H2,1H3,(H,22,23). The normalized spacial score (nSPS) is 11.2. The molecule has 1 amide bonds. The molecule has 0 heterocycles. The Balaban J connectivity index is 2.12. The Bertz CT molecular complexity index is 715. The third kappa shape index (κ3) is 4.64. The number of halogens is 4. The lowest BCUT2D eigenvalue weighted by molar-refractivity contribution is -0.137. The third-order valence-corrected chi connectivity index (χ3v) is 3.45. The first-order chi connectivity index (χ1) is 11.3. The molecule has 2 aromatic rings. The van der Waals surface area contributed by atoms with Crippen molar-refractivity contribution < 1.29 is 22.7 Å². The van der Waals surface area contributed by atoms with Crippen LogP contribution in [0.15, 0.2) is 42.5 Å². The quantitative estimate of drug-likeness (QED) is 0.778. The van der Waals surface area contributed by atoms with Crippen molar-refractivity contribution in [2.75, 3.05) is 11.9 Å². The van der Waals surface area contributed by atoms with E-state index in [9.17, 15) is 18.0 Å². The van der Waals surface area contributed by atoms with Crippen LogP contribution in [0.5, 0.6) is 5.75 Å². The van der Waals surface area contributed by atoms with E-state index in [-0.39, 0.29) is 5.69 Å². The van der Waals surface area contributed by atoms with Gasteiger partial charge in [-0.2, -0.15) is 13.2 Å². The van der Waals surface area contributed by atoms with Crippen LogP contribution in [0.4, 0.5) is 18.9 Å². The Morgan fingerprint density at radius 3 is 2.42 bits per heavy atom. The topological polar surface area (TPSA) is 38.3 Å². The summed E-state index contributed by atoms with van der Waals surface area (Å²) in [6.45, 7) is 2.54. The van der Waals surface area contributed by atoms with Gasteiger partial charge in [-0.15, -0.1) is 0 Å². The van der Waals surface area contributed by atoms with Gasteiger partial charge in [0, 0.05) is 11.3 Å². The van der Waals surface area contributed by atoms with Gasteiger partial charge in [-0.25, -0.2) is 0 Å². The molecule has 24 heavy (non-hydrogen) atoms. The maximum Gasteiger partial charge on any atom is 0.417 e. The Kier molecular flexibility index (Phi) is 5.72. The number of alkyl halides is 3. The van der Waals surface area contributed by atoms with Crippen LogP contribution < -0.4 is 10.1 Å². The molecule has 0 fully saturated rings. The van der Waals surface area contributed by atoms with Gasteiger partial charge in [0.15, 0.2) is 0 Å². The number of nitrogens with one attached hydrogen (secondary N) is 1. The fourth-order valence-electron chi connectivity index (χ4n) is 1.95. The van der Waals surface area contributed by atoms with E-state index in [0.717, 1.165) is 18.6 Å². The molecule has 128 valence electrons. The molecule has 0 aliphatic rings. The number of benzene rings is 2. The van der Waals surface area contributed by atoms with Gasteiger partial charge in [0.1, 0.15) is 5.75 Å². The molecule has 7 heteroatoms. The van der Waals surface area contributed by atoms with Crippen molar-refractivity contribution in [3.05, 3.63) is 58.6 Å². The van der Waals surface area contributed by atoms with E-state index < -0.39 is 22.7 Å². The Morgan fingerprint density at radius 2 is 1.83 bits per heavy atom. The van der Waals surface area contributed by atoms with Crippen molar-refractivity contribution in [3.8, 4) is 5.75 Å². The number of hydrogen-bond acceptors (Lipinski definition) is 2. The summed E-state index contributed by atoms with van der Waals surface area (Å²) < 4.78 is 43.9. The fourth-order valence-corrected chi connectivity index (χ4v) is 2.17. The zero-order valence-electron chi connectivity index (χ0n) is 12.8. The number of carbonyl (C=O) groups is 1. The highest BCUT2D eigenvalue weighted by Gasteiger charge is 2.33. The van der Waals surface area contributed by atoms with Crippen molar-refractivity contribution >= 4 is 23.2 Å². The number of hydrogen-bond donors (Lipinski definition) is 1. The molecule has 2 rings (SSSR count). The molecule has 2 aromatic carbocycles. The van der Waals surface area contributed by atoms with Gasteiger partial charge >= 0.3 is 6.18 Å². The van der Waals surface area contributed by atoms with Crippen molar-refractivity contribution in [2.24, 2.45) is 0 Å². The summed E-state index contributed by atoms with van der Waals surface area (Å²) >= 11 is 5.55. The lowest BCUT2D eigenvalue weighted by Crippen LogP contribution is -2.13. The van der Waals surface area contributed by atoms with Crippen molar-refractivity contribution in [3.63, 3.8) is 0 Å². The van der Waals surface area contributed by atoms with Gasteiger partial charge < -0.3 is 10.1 Å². The molecule has 0 atom stereocenters. The van der Waals surface area contributed by atoms with E-state index >= 15 is 0 Å². The lowest BCUT2D eigenvalue weighted by Gasteiger charge is -2.12. The van der Waals surface area contributed by atoms with Crippen LogP contribution in [0.2, 0.25) is 5.02 Å². The number of rotatable bonds is 5. The van der Waals surface area contributed by atoms with E-state index in [1.54, 1.807) is 24.3 Å². The van der Waals surface area contributed by atoms with E-state index in [4.69, 9.17) is 16.3 Å². The molecule has 0 saturated carbocycles. The largest absolute Gasteiger partial charge is 0.494 e. The molecule has 0 aromatic heterocycles. The first kappa shape index (κ1) is 18.1. The molecule has 0 spiro atoms.